The molecule has 0 saturated carbocycles. The molecule has 0 radical (unpaired) electrons. The number of rotatable bonds is 7. The van der Waals surface area contributed by atoms with Crippen LogP contribution in [0.25, 0.3) is 0 Å². The number of ketones is 1. The van der Waals surface area contributed by atoms with Crippen molar-refractivity contribution in [2.45, 2.75) is 39.7 Å². The molecule has 0 atom stereocenters. The first kappa shape index (κ1) is 23.3. The van der Waals surface area contributed by atoms with Crippen molar-refractivity contribution in [1.82, 2.24) is 10.2 Å². The predicted octanol–water partition coefficient (Wildman–Crippen LogP) is 3.77. The molecule has 1 aliphatic rings. The zero-order chi connectivity index (χ0) is 23.6. The second kappa shape index (κ2) is 9.02. The molecule has 0 unspecified atom stereocenters. The van der Waals surface area contributed by atoms with Gasteiger partial charge in [0.2, 0.25) is 0 Å². The maximum atomic E-state index is 13.1. The highest BCUT2D eigenvalue weighted by molar-refractivity contribution is 6.07. The lowest BCUT2D eigenvalue weighted by molar-refractivity contribution is 0.0953. The van der Waals surface area contributed by atoms with Gasteiger partial charge in [0.1, 0.15) is 17.3 Å². The molecule has 7 nitrogen and oxygen atoms in total. The van der Waals surface area contributed by atoms with Gasteiger partial charge in [-0.25, -0.2) is 0 Å². The van der Waals surface area contributed by atoms with E-state index in [9.17, 15) is 9.59 Å². The van der Waals surface area contributed by atoms with Crippen LogP contribution in [0.2, 0.25) is 0 Å². The van der Waals surface area contributed by atoms with Crippen molar-refractivity contribution < 1.29 is 19.1 Å². The fourth-order valence-electron chi connectivity index (χ4n) is 3.88. The summed E-state index contributed by atoms with van der Waals surface area (Å²) in [4.78, 5) is 27.1. The number of hydrogen-bond donors (Lipinski definition) is 2. The third-order valence-electron chi connectivity index (χ3n) is 5.57. The number of nitrogens with zero attached hydrogens (tertiary/aromatic N) is 1. The highest BCUT2D eigenvalue weighted by Gasteiger charge is 2.29. The molecule has 0 spiro atoms. The molecule has 0 aromatic heterocycles. The summed E-state index contributed by atoms with van der Waals surface area (Å²) in [6.45, 7) is 8.99. The van der Waals surface area contributed by atoms with Gasteiger partial charge in [-0.3, -0.25) is 15.0 Å². The molecule has 3 rings (SSSR count). The Balaban J connectivity index is 1.87. The Morgan fingerprint density at radius 2 is 1.88 bits per heavy atom. The molecule has 0 fully saturated rings. The van der Waals surface area contributed by atoms with Crippen LogP contribution in [0.4, 0.5) is 0 Å². The number of ether oxygens (including phenoxy) is 2. The van der Waals surface area contributed by atoms with Gasteiger partial charge in [-0.2, -0.15) is 0 Å². The molecule has 1 aliphatic heterocycles. The van der Waals surface area contributed by atoms with Crippen LogP contribution in [0.15, 0.2) is 30.3 Å². The first-order valence-electron chi connectivity index (χ1n) is 10.7. The van der Waals surface area contributed by atoms with Crippen LogP contribution < -0.4 is 14.8 Å². The van der Waals surface area contributed by atoms with E-state index in [1.54, 1.807) is 37.3 Å². The number of benzene rings is 2. The zero-order valence-electron chi connectivity index (χ0n) is 19.6. The van der Waals surface area contributed by atoms with E-state index in [4.69, 9.17) is 14.9 Å². The largest absolute Gasteiger partial charge is 0.496 e. The Morgan fingerprint density at radius 1 is 1.16 bits per heavy atom. The van der Waals surface area contributed by atoms with Gasteiger partial charge in [0.25, 0.3) is 5.91 Å². The summed E-state index contributed by atoms with van der Waals surface area (Å²) in [5.74, 6) is 1.11. The third kappa shape index (κ3) is 4.47. The van der Waals surface area contributed by atoms with Crippen LogP contribution in [-0.4, -0.2) is 49.7 Å². The maximum Gasteiger partial charge on any atom is 0.254 e. The van der Waals surface area contributed by atoms with Gasteiger partial charge in [-0.15, -0.1) is 0 Å². The van der Waals surface area contributed by atoms with Crippen molar-refractivity contribution >= 4 is 17.5 Å². The monoisotopic (exact) mass is 437 g/mol. The molecular formula is C25H31N3O4. The van der Waals surface area contributed by atoms with E-state index in [1.165, 1.54) is 0 Å². The number of methoxy groups -OCH3 is 1. The van der Waals surface area contributed by atoms with Gasteiger partial charge in [0.05, 0.1) is 25.8 Å². The van der Waals surface area contributed by atoms with E-state index in [-0.39, 0.29) is 29.5 Å². The van der Waals surface area contributed by atoms with Gasteiger partial charge in [-0.1, -0.05) is 20.8 Å². The molecule has 1 heterocycles. The summed E-state index contributed by atoms with van der Waals surface area (Å²) in [7, 11) is 3.18. The van der Waals surface area contributed by atoms with Gasteiger partial charge >= 0.3 is 0 Å². The SMILES string of the molecule is CCOc1cc2c(cc1C(=O)NC)C(=N)N(CC(=O)c1ccc(OC)c(C(C)(C)C)c1)C2. The quantitative estimate of drug-likeness (QED) is 0.644. The van der Waals surface area contributed by atoms with Crippen molar-refractivity contribution in [1.29, 1.82) is 5.41 Å². The number of amides is 1. The van der Waals surface area contributed by atoms with Gasteiger partial charge in [-0.05, 0) is 48.2 Å². The summed E-state index contributed by atoms with van der Waals surface area (Å²) in [6, 6.07) is 8.94. The molecule has 1 amide bonds. The summed E-state index contributed by atoms with van der Waals surface area (Å²) in [5, 5.41) is 11.2. The first-order chi connectivity index (χ1) is 15.1. The lowest BCUT2D eigenvalue weighted by Gasteiger charge is -2.23. The maximum absolute atomic E-state index is 13.1. The fraction of sp³-hybridized carbons (Fsp3) is 0.400. The van der Waals surface area contributed by atoms with Gasteiger partial charge < -0.3 is 19.7 Å². The van der Waals surface area contributed by atoms with Gasteiger partial charge in [0, 0.05) is 30.3 Å². The molecular weight excluding hydrogens is 406 g/mol. The Kier molecular flexibility index (Phi) is 6.57. The van der Waals surface area contributed by atoms with E-state index in [0.29, 0.717) is 35.6 Å². The Labute approximate surface area is 189 Å². The molecule has 0 aliphatic carbocycles. The summed E-state index contributed by atoms with van der Waals surface area (Å²) >= 11 is 0. The second-order valence-electron chi connectivity index (χ2n) is 8.81. The average molecular weight is 438 g/mol. The number of hydrogen-bond acceptors (Lipinski definition) is 5. The van der Waals surface area contributed by atoms with E-state index >= 15 is 0 Å². The van der Waals surface area contributed by atoms with E-state index in [0.717, 1.165) is 16.9 Å². The first-order valence-corrected chi connectivity index (χ1v) is 10.7. The van der Waals surface area contributed by atoms with Crippen molar-refractivity contribution in [3.05, 3.63) is 58.1 Å². The molecule has 32 heavy (non-hydrogen) atoms. The fourth-order valence-corrected chi connectivity index (χ4v) is 3.88. The Hall–Kier alpha value is -3.35. The minimum Gasteiger partial charge on any atom is -0.496 e. The van der Waals surface area contributed by atoms with Crippen LogP contribution in [0.1, 0.15) is 65.1 Å². The van der Waals surface area contributed by atoms with Crippen molar-refractivity contribution in [3.63, 3.8) is 0 Å². The molecule has 2 aromatic rings. The van der Waals surface area contributed by atoms with Crippen LogP contribution >= 0.6 is 0 Å². The van der Waals surface area contributed by atoms with Crippen LogP contribution in [0, 0.1) is 5.41 Å². The predicted molar refractivity (Wildman–Crippen MR) is 124 cm³/mol. The van der Waals surface area contributed by atoms with E-state index < -0.39 is 0 Å². The minimum atomic E-state index is -0.272. The van der Waals surface area contributed by atoms with Crippen molar-refractivity contribution in [2.24, 2.45) is 0 Å². The molecule has 0 saturated heterocycles. The van der Waals surface area contributed by atoms with Crippen molar-refractivity contribution in [3.8, 4) is 11.5 Å². The lowest BCUT2D eigenvalue weighted by atomic mass is 9.85. The zero-order valence-corrected chi connectivity index (χ0v) is 19.6. The van der Waals surface area contributed by atoms with Crippen LogP contribution in [0.5, 0.6) is 11.5 Å². The highest BCUT2D eigenvalue weighted by atomic mass is 16.5. The van der Waals surface area contributed by atoms with Crippen LogP contribution in [-0.2, 0) is 12.0 Å². The number of carbonyl (C=O) groups excluding carboxylic acids is 2. The number of amidine groups is 1. The topological polar surface area (TPSA) is 91.7 Å². The molecule has 2 N–H and O–H groups in total. The van der Waals surface area contributed by atoms with E-state index in [1.807, 2.05) is 19.1 Å². The Morgan fingerprint density at radius 3 is 2.47 bits per heavy atom. The smallest absolute Gasteiger partial charge is 0.254 e. The van der Waals surface area contributed by atoms with Crippen LogP contribution in [0.3, 0.4) is 0 Å². The summed E-state index contributed by atoms with van der Waals surface area (Å²) in [6.07, 6.45) is 0. The second-order valence-corrected chi connectivity index (χ2v) is 8.81. The average Bonchev–Trinajstić information content (AvgIpc) is 3.06. The summed E-state index contributed by atoms with van der Waals surface area (Å²) < 4.78 is 11.1. The normalized spacial score (nSPS) is 13.1. The number of nitrogens with one attached hydrogen (secondary N) is 2. The number of Topliss-reactive ketones (excluding diaryl/α,β-unsaturated/α-hetero) is 1. The standard InChI is InChI=1S/C25H31N3O4/c1-7-32-22-11-16-13-28(23(26)17(16)12-18(22)24(30)27-5)14-20(29)15-8-9-21(31-6)19(10-15)25(2,3)4/h8-12,26H,7,13-14H2,1-6H3,(H,27,30). The molecule has 7 heteroatoms. The van der Waals surface area contributed by atoms with Crippen molar-refractivity contribution in [2.75, 3.05) is 27.3 Å². The number of fused-ring (bicyclic) bond motifs is 1. The Bertz CT molecular complexity index is 1070. The molecule has 0 bridgehead atoms. The van der Waals surface area contributed by atoms with Gasteiger partial charge in [0.15, 0.2) is 5.78 Å². The minimum absolute atomic E-state index is 0.0721. The van der Waals surface area contributed by atoms with E-state index in [2.05, 4.69) is 26.1 Å². The molecule has 170 valence electrons. The molecule has 2 aromatic carbocycles. The highest BCUT2D eigenvalue weighted by Crippen LogP contribution is 2.33. The third-order valence-corrected chi connectivity index (χ3v) is 5.57. The number of carbonyl (C=O) groups is 2. The lowest BCUT2D eigenvalue weighted by Crippen LogP contribution is -2.30. The summed E-state index contributed by atoms with van der Waals surface area (Å²) in [5.41, 5.74) is 3.26.